The molecule has 0 fully saturated rings. The normalized spacial score (nSPS) is 9.78. The Bertz CT molecular complexity index is 585. The molecule has 90 valence electrons. The van der Waals surface area contributed by atoms with Crippen molar-refractivity contribution < 1.29 is 4.74 Å². The third-order valence-electron chi connectivity index (χ3n) is 2.50. The number of anilines is 1. The van der Waals surface area contributed by atoms with Gasteiger partial charge in [-0.1, -0.05) is 6.07 Å². The maximum absolute atomic E-state index is 9.09. The number of pyridine rings is 1. The Balaban J connectivity index is 2.40. The predicted octanol–water partition coefficient (Wildman–Crippen LogP) is 2.60. The van der Waals surface area contributed by atoms with E-state index >= 15 is 0 Å². The van der Waals surface area contributed by atoms with Gasteiger partial charge in [0.25, 0.3) is 0 Å². The average Bonchev–Trinajstić information content (AvgIpc) is 2.40. The van der Waals surface area contributed by atoms with Gasteiger partial charge in [0.05, 0.1) is 18.2 Å². The van der Waals surface area contributed by atoms with Gasteiger partial charge in [0.2, 0.25) is 5.88 Å². The first-order chi connectivity index (χ1) is 8.74. The molecular weight excluding hydrogens is 226 g/mol. The number of nitrogen functional groups attached to an aromatic ring is 1. The van der Waals surface area contributed by atoms with E-state index in [2.05, 4.69) is 11.1 Å². The Morgan fingerprint density at radius 1 is 1.33 bits per heavy atom. The second-order valence-electron chi connectivity index (χ2n) is 3.73. The van der Waals surface area contributed by atoms with Crippen molar-refractivity contribution in [3.63, 3.8) is 0 Å². The van der Waals surface area contributed by atoms with Crippen LogP contribution in [0.25, 0.3) is 11.1 Å². The van der Waals surface area contributed by atoms with Crippen LogP contribution in [-0.4, -0.2) is 11.6 Å². The predicted molar refractivity (Wildman–Crippen MR) is 70.0 cm³/mol. The van der Waals surface area contributed by atoms with Crippen LogP contribution in [0.3, 0.4) is 0 Å². The summed E-state index contributed by atoms with van der Waals surface area (Å²) in [5.41, 5.74) is 8.47. The molecular formula is C14H13N3O. The van der Waals surface area contributed by atoms with E-state index in [0.29, 0.717) is 23.7 Å². The van der Waals surface area contributed by atoms with Crippen LogP contribution in [0.15, 0.2) is 36.5 Å². The zero-order valence-electron chi connectivity index (χ0n) is 10.1. The van der Waals surface area contributed by atoms with Crippen LogP contribution in [0.4, 0.5) is 5.69 Å². The molecule has 0 aliphatic rings. The molecule has 4 heteroatoms. The van der Waals surface area contributed by atoms with Crippen LogP contribution in [0, 0.1) is 11.3 Å². The highest BCUT2D eigenvalue weighted by Gasteiger charge is 2.06. The van der Waals surface area contributed by atoms with Gasteiger partial charge in [-0.15, -0.1) is 0 Å². The van der Waals surface area contributed by atoms with Gasteiger partial charge in [0.15, 0.2) is 0 Å². The summed E-state index contributed by atoms with van der Waals surface area (Å²) in [5.74, 6) is 0.579. The van der Waals surface area contributed by atoms with E-state index in [0.717, 1.165) is 11.1 Å². The van der Waals surface area contributed by atoms with Gasteiger partial charge in [-0.3, -0.25) is 0 Å². The SMILES string of the molecule is CCOc1ccc(-c2ccc(N)cc2C#N)cn1. The van der Waals surface area contributed by atoms with Gasteiger partial charge in [-0.05, 0) is 25.1 Å². The molecule has 1 heterocycles. The first-order valence-electron chi connectivity index (χ1n) is 5.63. The third-order valence-corrected chi connectivity index (χ3v) is 2.50. The number of hydrogen-bond acceptors (Lipinski definition) is 4. The Labute approximate surface area is 106 Å². The van der Waals surface area contributed by atoms with Gasteiger partial charge in [-0.25, -0.2) is 4.98 Å². The van der Waals surface area contributed by atoms with E-state index in [4.69, 9.17) is 15.7 Å². The van der Waals surface area contributed by atoms with Crippen LogP contribution in [-0.2, 0) is 0 Å². The van der Waals surface area contributed by atoms with E-state index in [-0.39, 0.29) is 0 Å². The number of ether oxygens (including phenoxy) is 1. The molecule has 0 radical (unpaired) electrons. The maximum Gasteiger partial charge on any atom is 0.213 e. The summed E-state index contributed by atoms with van der Waals surface area (Å²) in [6, 6.07) is 11.1. The fraction of sp³-hybridized carbons (Fsp3) is 0.143. The molecule has 0 saturated carbocycles. The van der Waals surface area contributed by atoms with Crippen molar-refractivity contribution in [1.29, 1.82) is 5.26 Å². The summed E-state index contributed by atoms with van der Waals surface area (Å²) >= 11 is 0. The third kappa shape index (κ3) is 2.41. The first-order valence-corrected chi connectivity index (χ1v) is 5.63. The molecule has 18 heavy (non-hydrogen) atoms. The molecule has 0 aliphatic carbocycles. The van der Waals surface area contributed by atoms with Crippen LogP contribution in [0.5, 0.6) is 5.88 Å². The number of hydrogen-bond donors (Lipinski definition) is 1. The minimum absolute atomic E-state index is 0.543. The topological polar surface area (TPSA) is 71.9 Å². The molecule has 0 unspecified atom stereocenters. The van der Waals surface area contributed by atoms with Crippen molar-refractivity contribution in [2.45, 2.75) is 6.92 Å². The molecule has 2 aromatic rings. The Morgan fingerprint density at radius 3 is 2.78 bits per heavy atom. The fourth-order valence-corrected chi connectivity index (χ4v) is 1.68. The Morgan fingerprint density at radius 2 is 2.17 bits per heavy atom. The van der Waals surface area contributed by atoms with Gasteiger partial charge < -0.3 is 10.5 Å². The number of rotatable bonds is 3. The second-order valence-corrected chi connectivity index (χ2v) is 3.73. The lowest BCUT2D eigenvalue weighted by atomic mass is 10.0. The lowest BCUT2D eigenvalue weighted by Gasteiger charge is -2.06. The first kappa shape index (κ1) is 11.9. The standard InChI is InChI=1S/C14H13N3O/c1-2-18-14-6-3-10(9-17-14)13-5-4-12(16)7-11(13)8-15/h3-7,9H,2,16H2,1H3. The van der Waals surface area contributed by atoms with Crippen LogP contribution < -0.4 is 10.5 Å². The summed E-state index contributed by atoms with van der Waals surface area (Å²) in [5, 5.41) is 9.09. The summed E-state index contributed by atoms with van der Waals surface area (Å²) in [4.78, 5) is 4.18. The smallest absolute Gasteiger partial charge is 0.213 e. The highest BCUT2D eigenvalue weighted by molar-refractivity contribution is 5.72. The molecule has 2 N–H and O–H groups in total. The molecule has 0 saturated heterocycles. The molecule has 4 nitrogen and oxygen atoms in total. The zero-order valence-corrected chi connectivity index (χ0v) is 10.1. The largest absolute Gasteiger partial charge is 0.478 e. The van der Waals surface area contributed by atoms with Crippen molar-refractivity contribution in [3.8, 4) is 23.1 Å². The molecule has 2 rings (SSSR count). The van der Waals surface area contributed by atoms with Gasteiger partial charge >= 0.3 is 0 Å². The van der Waals surface area contributed by atoms with Crippen molar-refractivity contribution >= 4 is 5.69 Å². The highest BCUT2D eigenvalue weighted by Crippen LogP contribution is 2.25. The monoisotopic (exact) mass is 239 g/mol. The molecule has 1 aromatic heterocycles. The maximum atomic E-state index is 9.09. The highest BCUT2D eigenvalue weighted by atomic mass is 16.5. The number of nitrogens with two attached hydrogens (primary N) is 1. The van der Waals surface area contributed by atoms with E-state index in [1.165, 1.54) is 0 Å². The summed E-state index contributed by atoms with van der Waals surface area (Å²) < 4.78 is 5.28. The zero-order chi connectivity index (χ0) is 13.0. The minimum atomic E-state index is 0.543. The van der Waals surface area contributed by atoms with Gasteiger partial charge in [0.1, 0.15) is 0 Å². The molecule has 1 aromatic carbocycles. The van der Waals surface area contributed by atoms with Crippen molar-refractivity contribution in [2.24, 2.45) is 0 Å². The van der Waals surface area contributed by atoms with E-state index in [9.17, 15) is 0 Å². The number of benzene rings is 1. The second kappa shape index (κ2) is 5.19. The van der Waals surface area contributed by atoms with E-state index in [1.807, 2.05) is 19.1 Å². The average molecular weight is 239 g/mol. The summed E-state index contributed by atoms with van der Waals surface area (Å²) in [7, 11) is 0. The minimum Gasteiger partial charge on any atom is -0.478 e. The van der Waals surface area contributed by atoms with E-state index < -0.39 is 0 Å². The van der Waals surface area contributed by atoms with Crippen LogP contribution in [0.2, 0.25) is 0 Å². The summed E-state index contributed by atoms with van der Waals surface area (Å²) in [6.45, 7) is 2.49. The quantitative estimate of drug-likeness (QED) is 0.835. The lowest BCUT2D eigenvalue weighted by Crippen LogP contribution is -1.94. The van der Waals surface area contributed by atoms with Gasteiger partial charge in [-0.2, -0.15) is 5.26 Å². The lowest BCUT2D eigenvalue weighted by molar-refractivity contribution is 0.327. The molecule has 0 amide bonds. The number of nitriles is 1. The van der Waals surface area contributed by atoms with Crippen LogP contribution >= 0.6 is 0 Å². The summed E-state index contributed by atoms with van der Waals surface area (Å²) in [6.07, 6.45) is 1.69. The van der Waals surface area contributed by atoms with Crippen molar-refractivity contribution in [2.75, 3.05) is 12.3 Å². The Hall–Kier alpha value is -2.54. The molecule has 0 spiro atoms. The molecule has 0 aliphatic heterocycles. The van der Waals surface area contributed by atoms with Crippen LogP contribution in [0.1, 0.15) is 12.5 Å². The van der Waals surface area contributed by atoms with Crippen molar-refractivity contribution in [3.05, 3.63) is 42.1 Å². The van der Waals surface area contributed by atoms with Gasteiger partial charge in [0, 0.05) is 29.1 Å². The number of nitrogens with zero attached hydrogens (tertiary/aromatic N) is 2. The van der Waals surface area contributed by atoms with E-state index in [1.54, 1.807) is 24.4 Å². The Kier molecular flexibility index (Phi) is 3.44. The fourth-order valence-electron chi connectivity index (χ4n) is 1.68. The molecule has 0 bridgehead atoms. The number of aromatic nitrogens is 1. The van der Waals surface area contributed by atoms with Crippen molar-refractivity contribution in [1.82, 2.24) is 4.98 Å². The molecule has 0 atom stereocenters.